The number of aromatic nitrogens is 1. The molecule has 4 aromatic rings. The lowest BCUT2D eigenvalue weighted by molar-refractivity contribution is 0.194. The quantitative estimate of drug-likeness (QED) is 0.317. The van der Waals surface area contributed by atoms with Gasteiger partial charge in [0, 0.05) is 22.3 Å². The molecule has 4 nitrogen and oxygen atoms in total. The van der Waals surface area contributed by atoms with Gasteiger partial charge in [-0.05, 0) is 93.0 Å². The van der Waals surface area contributed by atoms with Crippen LogP contribution in [0, 0.1) is 20.8 Å². The van der Waals surface area contributed by atoms with Crippen molar-refractivity contribution in [2.75, 3.05) is 5.32 Å². The summed E-state index contributed by atoms with van der Waals surface area (Å²) in [5.41, 5.74) is 9.54. The third-order valence-electron chi connectivity index (χ3n) is 7.59. The number of aryl methyl sites for hydroxylation is 4. The summed E-state index contributed by atoms with van der Waals surface area (Å²) in [7, 11) is 0. The second-order valence-corrected chi connectivity index (χ2v) is 11.1. The van der Waals surface area contributed by atoms with Gasteiger partial charge in [-0.25, -0.2) is 4.79 Å². The molecule has 1 aliphatic heterocycles. The van der Waals surface area contributed by atoms with Gasteiger partial charge in [0.05, 0.1) is 18.3 Å². The Bertz CT molecular complexity index is 1410. The van der Waals surface area contributed by atoms with Gasteiger partial charge in [-0.15, -0.1) is 11.3 Å². The molecule has 5 heteroatoms. The van der Waals surface area contributed by atoms with E-state index in [4.69, 9.17) is 0 Å². The lowest BCUT2D eigenvalue weighted by Crippen LogP contribution is -2.38. The van der Waals surface area contributed by atoms with Crippen molar-refractivity contribution in [1.29, 1.82) is 0 Å². The van der Waals surface area contributed by atoms with Gasteiger partial charge in [-0.3, -0.25) is 0 Å². The Hall–Kier alpha value is -3.31. The summed E-state index contributed by atoms with van der Waals surface area (Å²) in [5.74, 6) is 0. The summed E-state index contributed by atoms with van der Waals surface area (Å²) in [6.45, 7) is 6.90. The van der Waals surface area contributed by atoms with E-state index in [2.05, 4.69) is 85.4 Å². The van der Waals surface area contributed by atoms with E-state index in [-0.39, 0.29) is 12.1 Å². The van der Waals surface area contributed by atoms with Crippen LogP contribution in [0.25, 0.3) is 5.00 Å². The number of anilines is 1. The molecule has 0 radical (unpaired) electrons. The number of hydrogen-bond acceptors (Lipinski definition) is 2. The molecule has 178 valence electrons. The van der Waals surface area contributed by atoms with Crippen molar-refractivity contribution in [3.05, 3.63) is 105 Å². The molecule has 0 bridgehead atoms. The maximum atomic E-state index is 14.0. The van der Waals surface area contributed by atoms with Crippen LogP contribution >= 0.6 is 11.3 Å². The number of carbonyl (C=O) groups excluding carboxylic acids is 1. The summed E-state index contributed by atoms with van der Waals surface area (Å²) in [6, 6.07) is 18.8. The van der Waals surface area contributed by atoms with Crippen molar-refractivity contribution in [1.82, 2.24) is 9.47 Å². The molecule has 35 heavy (non-hydrogen) atoms. The van der Waals surface area contributed by atoms with Gasteiger partial charge in [0.15, 0.2) is 0 Å². The van der Waals surface area contributed by atoms with Crippen LogP contribution in [-0.2, 0) is 19.4 Å². The molecule has 2 aromatic heterocycles. The Morgan fingerprint density at radius 2 is 1.74 bits per heavy atom. The fourth-order valence-electron chi connectivity index (χ4n) is 5.50. The molecule has 0 saturated carbocycles. The summed E-state index contributed by atoms with van der Waals surface area (Å²) >= 11 is 1.92. The molecule has 1 atom stereocenters. The lowest BCUT2D eigenvalue weighted by Gasteiger charge is -2.31. The van der Waals surface area contributed by atoms with Crippen molar-refractivity contribution < 1.29 is 4.79 Å². The molecule has 1 N–H and O–H groups in total. The first kappa shape index (κ1) is 22.2. The van der Waals surface area contributed by atoms with E-state index in [9.17, 15) is 4.79 Å². The Morgan fingerprint density at radius 3 is 2.54 bits per heavy atom. The molecule has 2 aromatic carbocycles. The number of fused-ring (bicyclic) bond motifs is 5. The number of hydrogen-bond donors (Lipinski definition) is 1. The highest BCUT2D eigenvalue weighted by molar-refractivity contribution is 7.15. The molecule has 0 fully saturated rings. The third-order valence-corrected chi connectivity index (χ3v) is 8.92. The Morgan fingerprint density at radius 1 is 0.943 bits per heavy atom. The zero-order valence-electron chi connectivity index (χ0n) is 20.6. The number of nitrogens with zero attached hydrogens (tertiary/aromatic N) is 2. The van der Waals surface area contributed by atoms with Gasteiger partial charge in [0.25, 0.3) is 0 Å². The van der Waals surface area contributed by atoms with Crippen LogP contribution in [0.3, 0.4) is 0 Å². The van der Waals surface area contributed by atoms with Gasteiger partial charge in [0.1, 0.15) is 5.00 Å². The SMILES string of the molecule is Cc1ccc(C2c3cccn3-c3sc4c(c3CN2C(=O)Nc2ccc(C)c(C)c2)CCCC4)cc1. The highest BCUT2D eigenvalue weighted by Crippen LogP contribution is 2.44. The Kier molecular flexibility index (Phi) is 5.53. The molecule has 3 heterocycles. The fraction of sp³-hybridized carbons (Fsp3) is 0.300. The number of nitrogens with one attached hydrogen (secondary N) is 1. The minimum absolute atomic E-state index is 0.0600. The fourth-order valence-corrected chi connectivity index (χ4v) is 6.90. The smallest absolute Gasteiger partial charge is 0.310 e. The minimum atomic E-state index is -0.170. The highest BCUT2D eigenvalue weighted by Gasteiger charge is 2.36. The third kappa shape index (κ3) is 3.88. The number of rotatable bonds is 2. The molecule has 1 unspecified atom stereocenters. The number of carbonyl (C=O) groups is 1. The van der Waals surface area contributed by atoms with Crippen molar-refractivity contribution in [2.45, 2.75) is 59.0 Å². The van der Waals surface area contributed by atoms with E-state index >= 15 is 0 Å². The maximum absolute atomic E-state index is 14.0. The predicted octanol–water partition coefficient (Wildman–Crippen LogP) is 7.48. The zero-order valence-corrected chi connectivity index (χ0v) is 21.4. The summed E-state index contributed by atoms with van der Waals surface area (Å²) < 4.78 is 2.34. The number of urea groups is 1. The highest BCUT2D eigenvalue weighted by atomic mass is 32.1. The predicted molar refractivity (Wildman–Crippen MR) is 144 cm³/mol. The number of amides is 2. The summed E-state index contributed by atoms with van der Waals surface area (Å²) in [5, 5.41) is 4.51. The van der Waals surface area contributed by atoms with Crippen LogP contribution < -0.4 is 5.32 Å². The van der Waals surface area contributed by atoms with Gasteiger partial charge in [-0.2, -0.15) is 0 Å². The van der Waals surface area contributed by atoms with Crippen molar-refractivity contribution >= 4 is 23.1 Å². The number of benzene rings is 2. The van der Waals surface area contributed by atoms with E-state index in [1.54, 1.807) is 0 Å². The van der Waals surface area contributed by atoms with Gasteiger partial charge in [0.2, 0.25) is 0 Å². The molecular weight excluding hydrogens is 450 g/mol. The molecule has 2 amide bonds. The van der Waals surface area contributed by atoms with Crippen LogP contribution in [0.15, 0.2) is 60.8 Å². The monoisotopic (exact) mass is 481 g/mol. The second kappa shape index (κ2) is 8.72. The second-order valence-electron chi connectivity index (χ2n) is 9.97. The largest absolute Gasteiger partial charge is 0.322 e. The molecule has 6 rings (SSSR count). The van der Waals surface area contributed by atoms with Crippen molar-refractivity contribution in [3.63, 3.8) is 0 Å². The lowest BCUT2D eigenvalue weighted by atomic mass is 9.95. The molecule has 1 aliphatic carbocycles. The van der Waals surface area contributed by atoms with Gasteiger partial charge in [-0.1, -0.05) is 35.9 Å². The van der Waals surface area contributed by atoms with E-state index in [1.807, 2.05) is 22.3 Å². The van der Waals surface area contributed by atoms with Gasteiger partial charge < -0.3 is 14.8 Å². The van der Waals surface area contributed by atoms with Crippen LogP contribution in [0.4, 0.5) is 10.5 Å². The van der Waals surface area contributed by atoms with Gasteiger partial charge >= 0.3 is 6.03 Å². The van der Waals surface area contributed by atoms with Crippen molar-refractivity contribution in [2.24, 2.45) is 0 Å². The van der Waals surface area contributed by atoms with E-state index in [0.717, 1.165) is 29.8 Å². The van der Waals surface area contributed by atoms with E-state index in [1.165, 1.54) is 50.5 Å². The van der Waals surface area contributed by atoms with E-state index < -0.39 is 0 Å². The maximum Gasteiger partial charge on any atom is 0.322 e. The summed E-state index contributed by atoms with van der Waals surface area (Å²) in [6.07, 6.45) is 6.92. The Balaban J connectivity index is 1.48. The Labute approximate surface area is 211 Å². The average Bonchev–Trinajstić information content (AvgIpc) is 3.44. The average molecular weight is 482 g/mol. The first-order chi connectivity index (χ1) is 17.0. The first-order valence-electron chi connectivity index (χ1n) is 12.5. The summed E-state index contributed by atoms with van der Waals surface area (Å²) in [4.78, 5) is 17.6. The van der Waals surface area contributed by atoms with Crippen LogP contribution in [0.5, 0.6) is 0 Å². The van der Waals surface area contributed by atoms with E-state index in [0.29, 0.717) is 6.54 Å². The minimum Gasteiger partial charge on any atom is -0.310 e. The molecule has 2 aliphatic rings. The topological polar surface area (TPSA) is 37.3 Å². The molecule has 0 spiro atoms. The van der Waals surface area contributed by atoms with Crippen molar-refractivity contribution in [3.8, 4) is 5.00 Å². The van der Waals surface area contributed by atoms with Crippen LogP contribution in [0.2, 0.25) is 0 Å². The zero-order chi connectivity index (χ0) is 24.1. The first-order valence-corrected chi connectivity index (χ1v) is 13.3. The van der Waals surface area contributed by atoms with Crippen LogP contribution in [0.1, 0.15) is 62.8 Å². The normalized spacial score (nSPS) is 16.8. The van der Waals surface area contributed by atoms with Crippen LogP contribution in [-0.4, -0.2) is 15.5 Å². The molecular formula is C30H31N3OS. The molecule has 0 saturated heterocycles. The number of thiophene rings is 1. The standard InChI is InChI=1S/C30H31N3OS/c1-19-10-13-22(14-11-19)28-26-8-6-16-32(26)29-25(24-7-4-5-9-27(24)35-29)18-33(28)30(34)31-23-15-12-20(2)21(3)17-23/h6,8,10-17,28H,4-5,7,9,18H2,1-3H3,(H,31,34).